The van der Waals surface area contributed by atoms with E-state index < -0.39 is 16.1 Å². The molecule has 0 spiro atoms. The highest BCUT2D eigenvalue weighted by molar-refractivity contribution is 7.92. The zero-order valence-corrected chi connectivity index (χ0v) is 18.8. The molecular weight excluding hydrogens is 412 g/mol. The molecule has 0 fully saturated rings. The number of benzene rings is 3. The summed E-state index contributed by atoms with van der Waals surface area (Å²) in [4.78, 5) is 12.5. The van der Waals surface area contributed by atoms with Crippen molar-refractivity contribution in [2.24, 2.45) is 0 Å². The van der Waals surface area contributed by atoms with Crippen molar-refractivity contribution in [3.8, 4) is 5.75 Å². The van der Waals surface area contributed by atoms with Crippen LogP contribution >= 0.6 is 0 Å². The van der Waals surface area contributed by atoms with E-state index in [1.54, 1.807) is 37.3 Å². The second-order valence-corrected chi connectivity index (χ2v) is 9.18. The molecule has 0 aliphatic carbocycles. The largest absolute Gasteiger partial charge is 0.481 e. The van der Waals surface area contributed by atoms with Gasteiger partial charge in [-0.3, -0.25) is 9.52 Å². The van der Waals surface area contributed by atoms with Crippen molar-refractivity contribution >= 4 is 27.3 Å². The van der Waals surface area contributed by atoms with E-state index in [-0.39, 0.29) is 10.8 Å². The molecule has 0 heterocycles. The molecule has 0 radical (unpaired) electrons. The van der Waals surface area contributed by atoms with Gasteiger partial charge in [0.05, 0.1) is 4.90 Å². The lowest BCUT2D eigenvalue weighted by Gasteiger charge is -2.15. The Balaban J connectivity index is 1.64. The second-order valence-electron chi connectivity index (χ2n) is 7.49. The standard InChI is InChI=1S/C24H26N2O4S/c1-16-6-5-7-22(14-16)30-19(4)24(27)25-20-10-12-23(13-11-20)31(28,29)26-21-9-8-17(2)18(3)15-21/h5-15,19,26H,1-4H3,(H,25,27). The van der Waals surface area contributed by atoms with Crippen LogP contribution in [0.3, 0.4) is 0 Å². The Morgan fingerprint density at radius 2 is 1.55 bits per heavy atom. The molecule has 0 aliphatic heterocycles. The smallest absolute Gasteiger partial charge is 0.265 e. The average Bonchev–Trinajstić information content (AvgIpc) is 2.71. The number of amides is 1. The van der Waals surface area contributed by atoms with Crippen LogP contribution in [0.5, 0.6) is 5.75 Å². The van der Waals surface area contributed by atoms with Gasteiger partial charge in [-0.15, -0.1) is 0 Å². The fourth-order valence-electron chi connectivity index (χ4n) is 2.93. The van der Waals surface area contributed by atoms with Gasteiger partial charge in [0.2, 0.25) is 0 Å². The summed E-state index contributed by atoms with van der Waals surface area (Å²) in [7, 11) is -3.74. The number of rotatable bonds is 7. The van der Waals surface area contributed by atoms with Crippen molar-refractivity contribution in [3.05, 3.63) is 83.4 Å². The minimum absolute atomic E-state index is 0.104. The van der Waals surface area contributed by atoms with Gasteiger partial charge in [-0.25, -0.2) is 8.42 Å². The summed E-state index contributed by atoms with van der Waals surface area (Å²) >= 11 is 0. The predicted molar refractivity (Wildman–Crippen MR) is 123 cm³/mol. The van der Waals surface area contributed by atoms with E-state index in [0.29, 0.717) is 17.1 Å². The third kappa shape index (κ3) is 5.86. The number of hydrogen-bond acceptors (Lipinski definition) is 4. The molecular formula is C24H26N2O4S. The molecule has 0 bridgehead atoms. The van der Waals surface area contributed by atoms with Crippen molar-refractivity contribution in [1.29, 1.82) is 0 Å². The first-order chi connectivity index (χ1) is 14.6. The predicted octanol–water partition coefficient (Wildman–Crippen LogP) is 4.82. The monoisotopic (exact) mass is 438 g/mol. The van der Waals surface area contributed by atoms with E-state index in [1.807, 2.05) is 45.0 Å². The molecule has 1 unspecified atom stereocenters. The lowest BCUT2D eigenvalue weighted by molar-refractivity contribution is -0.122. The van der Waals surface area contributed by atoms with Crippen molar-refractivity contribution in [2.75, 3.05) is 10.0 Å². The Labute approximate surface area is 183 Å². The molecule has 1 amide bonds. The van der Waals surface area contributed by atoms with Crippen LogP contribution in [0.4, 0.5) is 11.4 Å². The number of carbonyl (C=O) groups is 1. The van der Waals surface area contributed by atoms with Crippen molar-refractivity contribution in [2.45, 2.75) is 38.7 Å². The first-order valence-corrected chi connectivity index (χ1v) is 11.4. The van der Waals surface area contributed by atoms with Crippen LogP contribution in [0.2, 0.25) is 0 Å². The van der Waals surface area contributed by atoms with Crippen LogP contribution in [0.15, 0.2) is 71.6 Å². The van der Waals surface area contributed by atoms with Gasteiger partial charge in [-0.1, -0.05) is 18.2 Å². The highest BCUT2D eigenvalue weighted by atomic mass is 32.2. The summed E-state index contributed by atoms with van der Waals surface area (Å²) in [5.74, 6) is 0.284. The first kappa shape index (κ1) is 22.4. The van der Waals surface area contributed by atoms with E-state index in [9.17, 15) is 13.2 Å². The maximum Gasteiger partial charge on any atom is 0.265 e. The molecule has 0 saturated heterocycles. The molecule has 1 atom stereocenters. The average molecular weight is 439 g/mol. The number of carbonyl (C=O) groups excluding carboxylic acids is 1. The van der Waals surface area contributed by atoms with Gasteiger partial charge < -0.3 is 10.1 Å². The summed E-state index contributed by atoms with van der Waals surface area (Å²) in [5.41, 5.74) is 4.11. The quantitative estimate of drug-likeness (QED) is 0.554. The molecule has 7 heteroatoms. The highest BCUT2D eigenvalue weighted by Crippen LogP contribution is 2.21. The fourth-order valence-corrected chi connectivity index (χ4v) is 3.98. The molecule has 0 aliphatic rings. The Bertz CT molecular complexity index is 1190. The highest BCUT2D eigenvalue weighted by Gasteiger charge is 2.17. The van der Waals surface area contributed by atoms with E-state index in [0.717, 1.165) is 16.7 Å². The number of aryl methyl sites for hydroxylation is 3. The number of anilines is 2. The number of hydrogen-bond donors (Lipinski definition) is 2. The van der Waals surface area contributed by atoms with Gasteiger partial charge in [0.15, 0.2) is 6.10 Å². The van der Waals surface area contributed by atoms with Crippen molar-refractivity contribution < 1.29 is 17.9 Å². The molecule has 0 saturated carbocycles. The van der Waals surface area contributed by atoms with Crippen LogP contribution in [0.25, 0.3) is 0 Å². The molecule has 6 nitrogen and oxygen atoms in total. The van der Waals surface area contributed by atoms with Gasteiger partial charge in [0, 0.05) is 11.4 Å². The normalized spacial score (nSPS) is 12.1. The van der Waals surface area contributed by atoms with Crippen LogP contribution in [-0.4, -0.2) is 20.4 Å². The Hall–Kier alpha value is -3.32. The van der Waals surface area contributed by atoms with E-state index in [4.69, 9.17) is 4.74 Å². The molecule has 0 aromatic heterocycles. The number of ether oxygens (including phenoxy) is 1. The Morgan fingerprint density at radius 1 is 0.871 bits per heavy atom. The number of sulfonamides is 1. The van der Waals surface area contributed by atoms with Gasteiger partial charge in [0.1, 0.15) is 5.75 Å². The third-order valence-corrected chi connectivity index (χ3v) is 6.26. The Morgan fingerprint density at radius 3 is 2.19 bits per heavy atom. The molecule has 3 aromatic carbocycles. The van der Waals surface area contributed by atoms with Gasteiger partial charge in [0.25, 0.3) is 15.9 Å². The SMILES string of the molecule is Cc1cccc(OC(C)C(=O)Nc2ccc(S(=O)(=O)Nc3ccc(C)c(C)c3)cc2)c1. The molecule has 31 heavy (non-hydrogen) atoms. The maximum atomic E-state index is 12.7. The Kier molecular flexibility index (Phi) is 6.65. The van der Waals surface area contributed by atoms with Crippen molar-refractivity contribution in [1.82, 2.24) is 0 Å². The minimum atomic E-state index is -3.74. The summed E-state index contributed by atoms with van der Waals surface area (Å²) < 4.78 is 33.6. The molecule has 3 aromatic rings. The van der Waals surface area contributed by atoms with E-state index >= 15 is 0 Å². The molecule has 3 rings (SSSR count). The summed E-state index contributed by atoms with van der Waals surface area (Å²) in [6.45, 7) is 7.49. The summed E-state index contributed by atoms with van der Waals surface area (Å²) in [6, 6.07) is 18.8. The molecule has 162 valence electrons. The fraction of sp³-hybridized carbons (Fsp3) is 0.208. The van der Waals surface area contributed by atoms with Gasteiger partial charge in [-0.2, -0.15) is 0 Å². The minimum Gasteiger partial charge on any atom is -0.481 e. The lowest BCUT2D eigenvalue weighted by atomic mass is 10.1. The van der Waals surface area contributed by atoms with Gasteiger partial charge in [-0.05, 0) is 92.9 Å². The summed E-state index contributed by atoms with van der Waals surface area (Å²) in [5, 5.41) is 2.74. The van der Waals surface area contributed by atoms with Crippen molar-refractivity contribution in [3.63, 3.8) is 0 Å². The maximum absolute atomic E-state index is 12.7. The third-order valence-electron chi connectivity index (χ3n) is 4.86. The van der Waals surface area contributed by atoms with Crippen LogP contribution in [0.1, 0.15) is 23.6 Å². The zero-order valence-electron chi connectivity index (χ0n) is 18.0. The van der Waals surface area contributed by atoms with Crippen LogP contribution < -0.4 is 14.8 Å². The summed E-state index contributed by atoms with van der Waals surface area (Å²) in [6.07, 6.45) is -0.711. The number of nitrogens with one attached hydrogen (secondary N) is 2. The molecule has 2 N–H and O–H groups in total. The first-order valence-electron chi connectivity index (χ1n) is 9.88. The topological polar surface area (TPSA) is 84.5 Å². The van der Waals surface area contributed by atoms with Gasteiger partial charge >= 0.3 is 0 Å². The van der Waals surface area contributed by atoms with E-state index in [1.165, 1.54) is 12.1 Å². The second kappa shape index (κ2) is 9.22. The van der Waals surface area contributed by atoms with Crippen LogP contribution in [-0.2, 0) is 14.8 Å². The zero-order chi connectivity index (χ0) is 22.6. The van der Waals surface area contributed by atoms with Crippen LogP contribution in [0, 0.1) is 20.8 Å². The lowest BCUT2D eigenvalue weighted by Crippen LogP contribution is -2.30. The van der Waals surface area contributed by atoms with E-state index in [2.05, 4.69) is 10.0 Å².